The van der Waals surface area contributed by atoms with Crippen molar-refractivity contribution in [2.45, 2.75) is 24.3 Å². The molecule has 1 rings (SSSR count). The third kappa shape index (κ3) is 4.69. The number of methoxy groups -OCH3 is 1. The fourth-order valence-corrected chi connectivity index (χ4v) is 2.83. The Balaban J connectivity index is 2.57. The molecule has 5 heteroatoms. The van der Waals surface area contributed by atoms with Crippen LogP contribution in [0.4, 0.5) is 0 Å². The second-order valence-electron chi connectivity index (χ2n) is 3.54. The molecule has 1 aromatic carbocycles. The highest BCUT2D eigenvalue weighted by molar-refractivity contribution is 9.10. The lowest BCUT2D eigenvalue weighted by Gasteiger charge is -2.08. The second kappa shape index (κ2) is 7.03. The quantitative estimate of drug-likeness (QED) is 0.669. The zero-order valence-corrected chi connectivity index (χ0v) is 12.2. The van der Waals surface area contributed by atoms with Crippen molar-refractivity contribution in [1.29, 1.82) is 0 Å². The highest BCUT2D eigenvalue weighted by Crippen LogP contribution is 2.30. The molecule has 0 amide bonds. The first-order chi connectivity index (χ1) is 8.04. The maximum atomic E-state index is 11.0. The van der Waals surface area contributed by atoms with E-state index in [2.05, 4.69) is 20.7 Å². The Kier molecular flexibility index (Phi) is 6.02. The minimum atomic E-state index is -0.472. The average Bonchev–Trinajstić information content (AvgIpc) is 2.30. The van der Waals surface area contributed by atoms with E-state index in [1.165, 1.54) is 7.11 Å². The van der Waals surface area contributed by atoms with Crippen molar-refractivity contribution in [3.63, 3.8) is 0 Å². The number of aliphatic hydroxyl groups excluding tert-OH is 1. The maximum absolute atomic E-state index is 11.0. The molecule has 0 heterocycles. The Labute approximate surface area is 114 Å². The molecule has 0 saturated heterocycles. The van der Waals surface area contributed by atoms with E-state index in [0.717, 1.165) is 14.9 Å². The minimum Gasteiger partial charge on any atom is -0.469 e. The molecule has 94 valence electrons. The molecule has 3 nitrogen and oxygen atoms in total. The van der Waals surface area contributed by atoms with Crippen LogP contribution < -0.4 is 0 Å². The van der Waals surface area contributed by atoms with E-state index in [4.69, 9.17) is 0 Å². The van der Waals surface area contributed by atoms with Crippen LogP contribution >= 0.6 is 27.7 Å². The Morgan fingerprint density at radius 3 is 2.82 bits per heavy atom. The summed E-state index contributed by atoms with van der Waals surface area (Å²) in [6, 6.07) is 5.72. The summed E-state index contributed by atoms with van der Waals surface area (Å²) in [5, 5.41) is 9.43. The Morgan fingerprint density at radius 1 is 1.59 bits per heavy atom. The summed E-state index contributed by atoms with van der Waals surface area (Å²) in [7, 11) is 1.39. The molecule has 1 unspecified atom stereocenters. The summed E-state index contributed by atoms with van der Waals surface area (Å²) in [6.07, 6.45) is -0.0772. The van der Waals surface area contributed by atoms with Crippen LogP contribution in [0.2, 0.25) is 0 Å². The van der Waals surface area contributed by atoms with Gasteiger partial charge in [0.05, 0.1) is 19.6 Å². The van der Waals surface area contributed by atoms with Crippen LogP contribution in [0.5, 0.6) is 0 Å². The third-order valence-corrected chi connectivity index (χ3v) is 4.22. The number of carbonyl (C=O) groups excluding carboxylic acids is 1. The lowest BCUT2D eigenvalue weighted by molar-refractivity contribution is -0.140. The van der Waals surface area contributed by atoms with Gasteiger partial charge in [-0.3, -0.25) is 4.79 Å². The molecule has 0 aliphatic heterocycles. The summed E-state index contributed by atoms with van der Waals surface area (Å²) >= 11 is 5.03. The highest BCUT2D eigenvalue weighted by Gasteiger charge is 2.07. The van der Waals surface area contributed by atoms with Gasteiger partial charge in [-0.25, -0.2) is 0 Å². The summed E-state index contributed by atoms with van der Waals surface area (Å²) < 4.78 is 5.51. The van der Waals surface area contributed by atoms with Crippen LogP contribution in [-0.2, 0) is 9.53 Å². The van der Waals surface area contributed by atoms with Crippen molar-refractivity contribution in [1.82, 2.24) is 0 Å². The van der Waals surface area contributed by atoms with Gasteiger partial charge in [-0.05, 0) is 40.5 Å². The first-order valence-electron chi connectivity index (χ1n) is 5.21. The lowest BCUT2D eigenvalue weighted by atomic mass is 10.1. The topological polar surface area (TPSA) is 46.5 Å². The number of rotatable bonds is 5. The van der Waals surface area contributed by atoms with Crippen LogP contribution in [0, 0.1) is 0 Å². The minimum absolute atomic E-state index is 0.200. The lowest BCUT2D eigenvalue weighted by Crippen LogP contribution is -2.01. The second-order valence-corrected chi connectivity index (χ2v) is 5.53. The summed E-state index contributed by atoms with van der Waals surface area (Å²) in [4.78, 5) is 12.0. The third-order valence-electron chi connectivity index (χ3n) is 2.23. The van der Waals surface area contributed by atoms with E-state index in [0.29, 0.717) is 12.2 Å². The van der Waals surface area contributed by atoms with Crippen LogP contribution in [0.25, 0.3) is 0 Å². The predicted octanol–water partition coefficient (Wildman–Crippen LogP) is 3.16. The van der Waals surface area contributed by atoms with Crippen molar-refractivity contribution >= 4 is 33.7 Å². The van der Waals surface area contributed by atoms with Gasteiger partial charge in [-0.2, -0.15) is 0 Å². The predicted molar refractivity (Wildman–Crippen MR) is 72.1 cm³/mol. The highest BCUT2D eigenvalue weighted by atomic mass is 79.9. The summed E-state index contributed by atoms with van der Waals surface area (Å²) in [5.74, 6) is 0.480. The fraction of sp³-hybridized carbons (Fsp3) is 0.417. The molecule has 0 radical (unpaired) electrons. The average molecular weight is 319 g/mol. The van der Waals surface area contributed by atoms with Crippen molar-refractivity contribution in [2.24, 2.45) is 0 Å². The molecule has 1 N–H and O–H groups in total. The number of ether oxygens (including phenoxy) is 1. The zero-order chi connectivity index (χ0) is 12.8. The van der Waals surface area contributed by atoms with Crippen LogP contribution in [0.1, 0.15) is 25.0 Å². The molecule has 0 spiro atoms. The van der Waals surface area contributed by atoms with Gasteiger partial charge < -0.3 is 9.84 Å². The van der Waals surface area contributed by atoms with E-state index >= 15 is 0 Å². The normalized spacial score (nSPS) is 12.2. The SMILES string of the molecule is COC(=O)CCSc1ccc(C(C)O)cc1Br. The van der Waals surface area contributed by atoms with Gasteiger partial charge in [-0.15, -0.1) is 11.8 Å². The number of carbonyl (C=O) groups is 1. The van der Waals surface area contributed by atoms with Gasteiger partial charge >= 0.3 is 5.97 Å². The smallest absolute Gasteiger partial charge is 0.306 e. The summed E-state index contributed by atoms with van der Waals surface area (Å²) in [5.41, 5.74) is 0.870. The molecule has 0 bridgehead atoms. The molecule has 0 aliphatic rings. The van der Waals surface area contributed by atoms with Gasteiger partial charge in [0, 0.05) is 15.1 Å². The van der Waals surface area contributed by atoms with Gasteiger partial charge in [0.1, 0.15) is 0 Å². The number of thioether (sulfide) groups is 1. The first-order valence-corrected chi connectivity index (χ1v) is 6.99. The van der Waals surface area contributed by atoms with Gasteiger partial charge in [0.25, 0.3) is 0 Å². The summed E-state index contributed by atoms with van der Waals surface area (Å²) in [6.45, 7) is 1.73. The number of esters is 1. The largest absolute Gasteiger partial charge is 0.469 e. The maximum Gasteiger partial charge on any atom is 0.306 e. The van der Waals surface area contributed by atoms with E-state index in [1.54, 1.807) is 18.7 Å². The van der Waals surface area contributed by atoms with E-state index in [1.807, 2.05) is 18.2 Å². The van der Waals surface area contributed by atoms with Crippen LogP contribution in [0.3, 0.4) is 0 Å². The fourth-order valence-electron chi connectivity index (χ4n) is 1.24. The first kappa shape index (κ1) is 14.5. The van der Waals surface area contributed by atoms with Gasteiger partial charge in [0.2, 0.25) is 0 Å². The molecule has 0 saturated carbocycles. The van der Waals surface area contributed by atoms with Crippen LogP contribution in [-0.4, -0.2) is 23.9 Å². The van der Waals surface area contributed by atoms with Gasteiger partial charge in [0.15, 0.2) is 0 Å². The van der Waals surface area contributed by atoms with Crippen molar-refractivity contribution in [2.75, 3.05) is 12.9 Å². The number of halogens is 1. The van der Waals surface area contributed by atoms with Gasteiger partial charge in [-0.1, -0.05) is 6.07 Å². The zero-order valence-electron chi connectivity index (χ0n) is 9.77. The molecule has 0 aliphatic carbocycles. The number of aliphatic hydroxyl groups is 1. The Bertz CT molecular complexity index is 393. The molecule has 0 fully saturated rings. The molecular formula is C12H15BrO3S. The van der Waals surface area contributed by atoms with Crippen LogP contribution in [0.15, 0.2) is 27.6 Å². The number of hydrogen-bond acceptors (Lipinski definition) is 4. The van der Waals surface area contributed by atoms with E-state index in [9.17, 15) is 9.90 Å². The monoisotopic (exact) mass is 318 g/mol. The van der Waals surface area contributed by atoms with E-state index in [-0.39, 0.29) is 5.97 Å². The molecule has 17 heavy (non-hydrogen) atoms. The number of hydrogen-bond donors (Lipinski definition) is 1. The van der Waals surface area contributed by atoms with E-state index < -0.39 is 6.10 Å². The van der Waals surface area contributed by atoms with Crippen molar-refractivity contribution in [3.05, 3.63) is 28.2 Å². The Morgan fingerprint density at radius 2 is 2.29 bits per heavy atom. The van der Waals surface area contributed by atoms with Crippen molar-refractivity contribution in [3.8, 4) is 0 Å². The Hall–Kier alpha value is -0.520. The van der Waals surface area contributed by atoms with Crippen molar-refractivity contribution < 1.29 is 14.6 Å². The molecule has 1 atom stereocenters. The molecular weight excluding hydrogens is 304 g/mol. The number of benzene rings is 1. The standard InChI is InChI=1S/C12H15BrO3S/c1-8(14)9-3-4-11(10(13)7-9)17-6-5-12(15)16-2/h3-4,7-8,14H,5-6H2,1-2H3. The molecule has 1 aromatic rings. The molecule has 0 aromatic heterocycles.